The summed E-state index contributed by atoms with van der Waals surface area (Å²) in [5, 5.41) is 3.39. The molecule has 0 aliphatic heterocycles. The second kappa shape index (κ2) is 13.2. The van der Waals surface area contributed by atoms with Gasteiger partial charge in [0.15, 0.2) is 0 Å². The van der Waals surface area contributed by atoms with Crippen molar-refractivity contribution < 1.29 is 0 Å². The van der Waals surface area contributed by atoms with Gasteiger partial charge < -0.3 is 5.32 Å². The predicted octanol–water partition coefficient (Wildman–Crippen LogP) is 6.03. The van der Waals surface area contributed by atoms with Gasteiger partial charge in [0, 0.05) is 11.4 Å². The zero-order valence-electron chi connectivity index (χ0n) is 14.0. The highest BCUT2D eigenvalue weighted by Crippen LogP contribution is 2.21. The molecule has 21 heavy (non-hydrogen) atoms. The van der Waals surface area contributed by atoms with E-state index in [2.05, 4.69) is 43.4 Å². The third-order valence-corrected chi connectivity index (χ3v) is 4.82. The van der Waals surface area contributed by atoms with E-state index in [9.17, 15) is 0 Å². The fourth-order valence-corrected chi connectivity index (χ4v) is 3.43. The van der Waals surface area contributed by atoms with Crippen molar-refractivity contribution >= 4 is 11.8 Å². The Balaban J connectivity index is 2.04. The highest BCUT2D eigenvalue weighted by Gasteiger charge is 1.97. The average molecular weight is 308 g/mol. The molecule has 0 atom stereocenters. The first-order valence-electron chi connectivity index (χ1n) is 8.79. The van der Waals surface area contributed by atoms with E-state index in [0.29, 0.717) is 0 Å². The van der Waals surface area contributed by atoms with Crippen LogP contribution < -0.4 is 5.32 Å². The van der Waals surface area contributed by atoms with E-state index >= 15 is 0 Å². The predicted molar refractivity (Wildman–Crippen MR) is 97.2 cm³/mol. The van der Waals surface area contributed by atoms with Crippen LogP contribution in [0.2, 0.25) is 0 Å². The van der Waals surface area contributed by atoms with Crippen molar-refractivity contribution in [3.8, 4) is 0 Å². The van der Waals surface area contributed by atoms with Crippen LogP contribution in [0.5, 0.6) is 0 Å². The van der Waals surface area contributed by atoms with E-state index in [4.69, 9.17) is 0 Å². The molecule has 0 saturated carbocycles. The van der Waals surface area contributed by atoms with Crippen LogP contribution in [0.15, 0.2) is 29.2 Å². The minimum absolute atomic E-state index is 0.989. The number of hydrogen-bond donors (Lipinski definition) is 1. The van der Waals surface area contributed by atoms with E-state index in [1.807, 2.05) is 11.8 Å². The maximum absolute atomic E-state index is 3.39. The van der Waals surface area contributed by atoms with Gasteiger partial charge >= 0.3 is 0 Å². The molecule has 0 aliphatic rings. The van der Waals surface area contributed by atoms with Gasteiger partial charge in [0.05, 0.1) is 0 Å². The van der Waals surface area contributed by atoms with Crippen molar-refractivity contribution in [2.24, 2.45) is 0 Å². The topological polar surface area (TPSA) is 12.0 Å². The summed E-state index contributed by atoms with van der Waals surface area (Å²) in [7, 11) is 0. The molecule has 0 bridgehead atoms. The number of nitrogens with one attached hydrogen (secondary N) is 1. The van der Waals surface area contributed by atoms with E-state index < -0.39 is 0 Å². The van der Waals surface area contributed by atoms with Gasteiger partial charge in [0.1, 0.15) is 0 Å². The van der Waals surface area contributed by atoms with Gasteiger partial charge in [-0.2, -0.15) is 0 Å². The first-order valence-corrected chi connectivity index (χ1v) is 9.77. The first-order chi connectivity index (χ1) is 10.4. The third kappa shape index (κ3) is 9.97. The molecule has 1 aromatic rings. The molecule has 0 spiro atoms. The third-order valence-electron chi connectivity index (χ3n) is 3.74. The monoisotopic (exact) mass is 307 g/mol. The zero-order chi connectivity index (χ0) is 15.2. The smallest absolute Gasteiger partial charge is 0.0205 e. The van der Waals surface area contributed by atoms with Crippen molar-refractivity contribution in [1.29, 1.82) is 0 Å². The van der Waals surface area contributed by atoms with Gasteiger partial charge in [0.25, 0.3) is 0 Å². The molecule has 2 heteroatoms. The minimum atomic E-state index is 0.989. The van der Waals surface area contributed by atoms with Crippen LogP contribution in [0.3, 0.4) is 0 Å². The Morgan fingerprint density at radius 2 is 1.62 bits per heavy atom. The number of hydrogen-bond acceptors (Lipinski definition) is 2. The Labute approximate surface area is 136 Å². The molecule has 0 fully saturated rings. The van der Waals surface area contributed by atoms with E-state index in [0.717, 1.165) is 13.1 Å². The summed E-state index contributed by atoms with van der Waals surface area (Å²) < 4.78 is 0. The fraction of sp³-hybridized carbons (Fsp3) is 0.684. The van der Waals surface area contributed by atoms with Crippen LogP contribution >= 0.6 is 11.8 Å². The lowest BCUT2D eigenvalue weighted by molar-refractivity contribution is 0.586. The molecule has 0 aromatic heterocycles. The van der Waals surface area contributed by atoms with E-state index in [-0.39, 0.29) is 0 Å². The molecular formula is C19H33NS. The van der Waals surface area contributed by atoms with Gasteiger partial charge in [-0.15, -0.1) is 11.8 Å². The Bertz CT molecular complexity index is 351. The lowest BCUT2D eigenvalue weighted by Crippen LogP contribution is -2.11. The summed E-state index contributed by atoms with van der Waals surface area (Å²) >= 11 is 2.01. The Morgan fingerprint density at radius 3 is 2.33 bits per heavy atom. The maximum Gasteiger partial charge on any atom is 0.0205 e. The molecule has 0 amide bonds. The lowest BCUT2D eigenvalue weighted by atomic mass is 10.1. The standard InChI is InChI=1S/C19H33NS/c1-3-5-6-7-8-9-10-11-15-21-19-14-12-13-18(16-19)17-20-4-2/h12-14,16,20H,3-11,15,17H2,1-2H3. The highest BCUT2D eigenvalue weighted by molar-refractivity contribution is 7.99. The van der Waals surface area contributed by atoms with Crippen LogP contribution in [-0.2, 0) is 6.54 Å². The van der Waals surface area contributed by atoms with Crippen molar-refractivity contribution in [2.45, 2.75) is 76.7 Å². The molecule has 0 saturated heterocycles. The number of benzene rings is 1. The summed E-state index contributed by atoms with van der Waals surface area (Å²) in [5.41, 5.74) is 1.40. The molecule has 1 nitrogen and oxygen atoms in total. The first kappa shape index (κ1) is 18.6. The molecule has 1 rings (SSSR count). The molecule has 0 heterocycles. The van der Waals surface area contributed by atoms with Crippen LogP contribution in [0, 0.1) is 0 Å². The van der Waals surface area contributed by atoms with Gasteiger partial charge in [0.2, 0.25) is 0 Å². The summed E-state index contributed by atoms with van der Waals surface area (Å²) in [6.45, 7) is 6.46. The molecule has 0 radical (unpaired) electrons. The average Bonchev–Trinajstić information content (AvgIpc) is 2.52. The number of thioether (sulfide) groups is 1. The second-order valence-electron chi connectivity index (χ2n) is 5.75. The SMILES string of the molecule is CCCCCCCCCCSc1cccc(CNCC)c1. The Hall–Kier alpha value is -0.470. The zero-order valence-corrected chi connectivity index (χ0v) is 14.8. The largest absolute Gasteiger partial charge is 0.313 e. The summed E-state index contributed by atoms with van der Waals surface area (Å²) in [6, 6.07) is 8.97. The van der Waals surface area contributed by atoms with Crippen molar-refractivity contribution in [1.82, 2.24) is 5.32 Å². The van der Waals surface area contributed by atoms with Crippen molar-refractivity contribution in [2.75, 3.05) is 12.3 Å². The minimum Gasteiger partial charge on any atom is -0.313 e. The van der Waals surface area contributed by atoms with Crippen LogP contribution in [0.25, 0.3) is 0 Å². The second-order valence-corrected chi connectivity index (χ2v) is 6.92. The summed E-state index contributed by atoms with van der Waals surface area (Å²) in [5.74, 6) is 1.26. The van der Waals surface area contributed by atoms with E-state index in [1.54, 1.807) is 0 Å². The molecule has 1 N–H and O–H groups in total. The van der Waals surface area contributed by atoms with E-state index in [1.165, 1.54) is 67.6 Å². The summed E-state index contributed by atoms with van der Waals surface area (Å²) in [4.78, 5) is 1.42. The van der Waals surface area contributed by atoms with Crippen LogP contribution in [-0.4, -0.2) is 12.3 Å². The molecule has 0 aliphatic carbocycles. The number of rotatable bonds is 13. The number of unbranched alkanes of at least 4 members (excludes halogenated alkanes) is 7. The Morgan fingerprint density at radius 1 is 0.905 bits per heavy atom. The lowest BCUT2D eigenvalue weighted by Gasteiger charge is -2.06. The van der Waals surface area contributed by atoms with Crippen LogP contribution in [0.4, 0.5) is 0 Å². The van der Waals surface area contributed by atoms with Gasteiger partial charge in [-0.25, -0.2) is 0 Å². The van der Waals surface area contributed by atoms with Crippen molar-refractivity contribution in [3.05, 3.63) is 29.8 Å². The molecule has 1 aromatic carbocycles. The van der Waals surface area contributed by atoms with Crippen molar-refractivity contribution in [3.63, 3.8) is 0 Å². The normalized spacial score (nSPS) is 11.0. The summed E-state index contributed by atoms with van der Waals surface area (Å²) in [6.07, 6.45) is 11.2. The van der Waals surface area contributed by atoms with Gasteiger partial charge in [-0.3, -0.25) is 0 Å². The fourth-order valence-electron chi connectivity index (χ4n) is 2.44. The van der Waals surface area contributed by atoms with Crippen LogP contribution in [0.1, 0.15) is 70.8 Å². The Kier molecular flexibility index (Phi) is 11.7. The van der Waals surface area contributed by atoms with Gasteiger partial charge in [-0.1, -0.05) is 70.9 Å². The maximum atomic E-state index is 3.39. The highest BCUT2D eigenvalue weighted by atomic mass is 32.2. The molecule has 0 unspecified atom stereocenters. The van der Waals surface area contributed by atoms with Gasteiger partial charge in [-0.05, 0) is 36.4 Å². The molecule has 120 valence electrons. The molecular weight excluding hydrogens is 274 g/mol. The quantitative estimate of drug-likeness (QED) is 0.353.